The molecule has 1 aliphatic rings. The van der Waals surface area contributed by atoms with E-state index in [1.165, 1.54) is 4.90 Å². The van der Waals surface area contributed by atoms with Crippen LogP contribution >= 0.6 is 11.3 Å². The molecule has 7 nitrogen and oxygen atoms in total. The van der Waals surface area contributed by atoms with Gasteiger partial charge in [0, 0.05) is 29.9 Å². The van der Waals surface area contributed by atoms with E-state index in [0.717, 1.165) is 25.1 Å². The van der Waals surface area contributed by atoms with Crippen molar-refractivity contribution in [1.82, 2.24) is 14.9 Å². The molecule has 3 N–H and O–H groups in total. The summed E-state index contributed by atoms with van der Waals surface area (Å²) >= 11 is 0.657. The van der Waals surface area contributed by atoms with Crippen molar-refractivity contribution in [2.24, 2.45) is 5.73 Å². The summed E-state index contributed by atoms with van der Waals surface area (Å²) in [7, 11) is 0. The van der Waals surface area contributed by atoms with Crippen molar-refractivity contribution < 1.29 is 31.5 Å². The SMILES string of the molecule is CC.CC1CCCN1C(=O)c1nc(C(N)=O)sc1-c1cnc(NCC(F)(F)F)cc1C(F)F. The minimum atomic E-state index is -4.56. The molecule has 0 spiro atoms. The van der Waals surface area contributed by atoms with E-state index in [-0.39, 0.29) is 27.2 Å². The summed E-state index contributed by atoms with van der Waals surface area (Å²) in [6.45, 7) is 4.83. The number of primary amides is 1. The molecule has 1 atom stereocenters. The van der Waals surface area contributed by atoms with Crippen molar-refractivity contribution in [3.8, 4) is 10.4 Å². The molecule has 1 unspecified atom stereocenters. The molecule has 2 aromatic rings. The lowest BCUT2D eigenvalue weighted by atomic mass is 10.1. The van der Waals surface area contributed by atoms with E-state index in [1.807, 2.05) is 26.1 Å². The van der Waals surface area contributed by atoms with Gasteiger partial charge in [0.2, 0.25) is 0 Å². The first-order valence-corrected chi connectivity index (χ1v) is 11.0. The number of hydrogen-bond acceptors (Lipinski definition) is 6. The van der Waals surface area contributed by atoms with Crippen LogP contribution in [0, 0.1) is 0 Å². The molecule has 3 heterocycles. The van der Waals surface area contributed by atoms with Crippen LogP contribution in [0.15, 0.2) is 12.3 Å². The Morgan fingerprint density at radius 3 is 2.52 bits per heavy atom. The third-order valence-corrected chi connectivity index (χ3v) is 5.84. The van der Waals surface area contributed by atoms with E-state index in [9.17, 15) is 31.5 Å². The molecule has 2 aromatic heterocycles. The number of rotatable bonds is 6. The Hall–Kier alpha value is -2.83. The number of alkyl halides is 5. The zero-order chi connectivity index (χ0) is 24.9. The van der Waals surface area contributed by atoms with Crippen molar-refractivity contribution in [2.75, 3.05) is 18.4 Å². The summed E-state index contributed by atoms with van der Waals surface area (Å²) in [4.78, 5) is 33.9. The third-order valence-electron chi connectivity index (χ3n) is 4.74. The van der Waals surface area contributed by atoms with Crippen LogP contribution in [0.5, 0.6) is 0 Å². The predicted molar refractivity (Wildman–Crippen MR) is 114 cm³/mol. The van der Waals surface area contributed by atoms with Gasteiger partial charge in [-0.05, 0) is 25.8 Å². The minimum absolute atomic E-state index is 0.0388. The Kier molecular flexibility index (Phi) is 8.69. The van der Waals surface area contributed by atoms with Crippen molar-refractivity contribution in [3.63, 3.8) is 0 Å². The number of nitrogens with two attached hydrogens (primary N) is 1. The molecule has 0 bridgehead atoms. The van der Waals surface area contributed by atoms with Gasteiger partial charge in [-0.1, -0.05) is 13.8 Å². The highest BCUT2D eigenvalue weighted by Gasteiger charge is 2.33. The molecule has 1 saturated heterocycles. The van der Waals surface area contributed by atoms with Crippen molar-refractivity contribution in [3.05, 3.63) is 28.5 Å². The van der Waals surface area contributed by atoms with E-state index in [2.05, 4.69) is 9.97 Å². The fourth-order valence-electron chi connectivity index (χ4n) is 3.25. The van der Waals surface area contributed by atoms with Crippen LogP contribution < -0.4 is 11.1 Å². The zero-order valence-corrected chi connectivity index (χ0v) is 19.0. The highest BCUT2D eigenvalue weighted by molar-refractivity contribution is 7.17. The van der Waals surface area contributed by atoms with E-state index in [4.69, 9.17) is 5.73 Å². The molecule has 1 fully saturated rings. The number of amides is 2. The lowest BCUT2D eigenvalue weighted by Crippen LogP contribution is -2.34. The van der Waals surface area contributed by atoms with E-state index in [1.54, 1.807) is 0 Å². The molecule has 0 saturated carbocycles. The quantitative estimate of drug-likeness (QED) is 0.560. The first kappa shape index (κ1) is 26.4. The molecule has 0 aliphatic carbocycles. The maximum absolute atomic E-state index is 13.7. The van der Waals surface area contributed by atoms with Gasteiger partial charge in [0.1, 0.15) is 18.1 Å². The average Bonchev–Trinajstić information content (AvgIpc) is 3.39. The van der Waals surface area contributed by atoms with E-state index in [0.29, 0.717) is 17.9 Å². The Bertz CT molecular complexity index is 996. The molecule has 182 valence electrons. The first-order valence-electron chi connectivity index (χ1n) is 10.2. The summed E-state index contributed by atoms with van der Waals surface area (Å²) in [5, 5.41) is 1.69. The largest absolute Gasteiger partial charge is 0.405 e. The number of nitrogens with zero attached hydrogens (tertiary/aromatic N) is 3. The summed E-state index contributed by atoms with van der Waals surface area (Å²) in [6, 6.07) is 0.683. The van der Waals surface area contributed by atoms with E-state index < -0.39 is 42.3 Å². The van der Waals surface area contributed by atoms with Gasteiger partial charge in [-0.25, -0.2) is 18.7 Å². The summed E-state index contributed by atoms with van der Waals surface area (Å²) < 4.78 is 64.7. The molecule has 13 heteroatoms. The molecule has 0 radical (unpaired) electrons. The fraction of sp³-hybridized carbons (Fsp3) is 0.500. The number of nitrogens with one attached hydrogen (secondary N) is 1. The number of carbonyl (C=O) groups is 2. The number of halogens is 5. The number of carbonyl (C=O) groups excluding carboxylic acids is 2. The second kappa shape index (κ2) is 10.9. The lowest BCUT2D eigenvalue weighted by molar-refractivity contribution is -0.115. The predicted octanol–water partition coefficient (Wildman–Crippen LogP) is 4.87. The van der Waals surface area contributed by atoms with Crippen LogP contribution in [0.4, 0.5) is 27.8 Å². The molecule has 0 aromatic carbocycles. The number of thiazole rings is 1. The van der Waals surface area contributed by atoms with Crippen LogP contribution in [0.25, 0.3) is 10.4 Å². The van der Waals surface area contributed by atoms with Gasteiger partial charge >= 0.3 is 6.18 Å². The zero-order valence-electron chi connectivity index (χ0n) is 18.2. The number of hydrogen-bond donors (Lipinski definition) is 2. The van der Waals surface area contributed by atoms with Crippen LogP contribution in [0.1, 0.15) is 65.9 Å². The van der Waals surface area contributed by atoms with Crippen molar-refractivity contribution >= 4 is 29.0 Å². The maximum atomic E-state index is 13.7. The Morgan fingerprint density at radius 1 is 1.33 bits per heavy atom. The molecule has 1 aliphatic heterocycles. The normalized spacial score (nSPS) is 15.9. The van der Waals surface area contributed by atoms with Gasteiger partial charge in [-0.2, -0.15) is 13.2 Å². The van der Waals surface area contributed by atoms with Gasteiger partial charge in [0.05, 0.1) is 4.88 Å². The van der Waals surface area contributed by atoms with Gasteiger partial charge in [0.15, 0.2) is 5.01 Å². The Labute approximate surface area is 191 Å². The topological polar surface area (TPSA) is 101 Å². The fourth-order valence-corrected chi connectivity index (χ4v) is 4.19. The number of anilines is 1. The molecule has 3 rings (SSSR count). The van der Waals surface area contributed by atoms with Gasteiger partial charge in [-0.15, -0.1) is 11.3 Å². The smallest absolute Gasteiger partial charge is 0.364 e. The summed E-state index contributed by atoms with van der Waals surface area (Å²) in [6.07, 6.45) is -5.19. The second-order valence-corrected chi connectivity index (χ2v) is 7.98. The number of pyridine rings is 1. The van der Waals surface area contributed by atoms with Gasteiger partial charge < -0.3 is 16.0 Å². The molecular weight excluding hydrogens is 469 g/mol. The highest BCUT2D eigenvalue weighted by Crippen LogP contribution is 2.38. The monoisotopic (exact) mass is 493 g/mol. The number of likely N-dealkylation sites (tertiary alicyclic amines) is 1. The highest BCUT2D eigenvalue weighted by atomic mass is 32.1. The van der Waals surface area contributed by atoms with Crippen LogP contribution in [0.3, 0.4) is 0 Å². The van der Waals surface area contributed by atoms with Gasteiger partial charge in [-0.3, -0.25) is 9.59 Å². The summed E-state index contributed by atoms with van der Waals surface area (Å²) in [5.74, 6) is -1.88. The van der Waals surface area contributed by atoms with Crippen LogP contribution in [-0.4, -0.2) is 52.0 Å². The average molecular weight is 494 g/mol. The van der Waals surface area contributed by atoms with Crippen molar-refractivity contribution in [1.29, 1.82) is 0 Å². The Morgan fingerprint density at radius 2 is 2.00 bits per heavy atom. The first-order chi connectivity index (χ1) is 15.5. The standard InChI is InChI=1S/C18H18F5N5O2S.C2H6/c1-8-3-2-4-28(8)17(30)12-13(31-16(27-12)15(24)29)10-6-25-11(5-9(10)14(19)20)26-7-18(21,22)23;1-2/h5-6,8,14H,2-4,7H2,1H3,(H2,24,29)(H,25,26);1-2H3. The van der Waals surface area contributed by atoms with Crippen molar-refractivity contribution in [2.45, 2.75) is 52.3 Å². The second-order valence-electron chi connectivity index (χ2n) is 6.98. The number of aromatic nitrogens is 2. The molecule has 2 amide bonds. The summed E-state index contributed by atoms with van der Waals surface area (Å²) in [5.41, 5.74) is 4.19. The maximum Gasteiger partial charge on any atom is 0.405 e. The lowest BCUT2D eigenvalue weighted by Gasteiger charge is -2.21. The van der Waals surface area contributed by atoms with Crippen LogP contribution in [0.2, 0.25) is 0 Å². The minimum Gasteiger partial charge on any atom is -0.364 e. The molecular formula is C20H24F5N5O2S. The van der Waals surface area contributed by atoms with E-state index >= 15 is 0 Å². The van der Waals surface area contributed by atoms with Crippen LogP contribution in [-0.2, 0) is 0 Å². The van der Waals surface area contributed by atoms with Gasteiger partial charge in [0.25, 0.3) is 18.2 Å². The Balaban J connectivity index is 0.00000187. The molecule has 33 heavy (non-hydrogen) atoms. The third kappa shape index (κ3) is 6.36.